The summed E-state index contributed by atoms with van der Waals surface area (Å²) in [6.45, 7) is 5.70. The lowest BCUT2D eigenvalue weighted by atomic mass is 9.79. The molecule has 2 aliphatic rings. The molecule has 5 heteroatoms. The number of hydrogen-bond acceptors (Lipinski definition) is 4. The molecule has 0 aromatic carbocycles. The van der Waals surface area contributed by atoms with Gasteiger partial charge in [0.05, 0.1) is 18.4 Å². The van der Waals surface area contributed by atoms with Crippen LogP contribution in [0.2, 0.25) is 0 Å². The molecule has 5 nitrogen and oxygen atoms in total. The van der Waals surface area contributed by atoms with Crippen LogP contribution in [0.4, 0.5) is 0 Å². The maximum Gasteiger partial charge on any atom is 0.0940 e. The Morgan fingerprint density at radius 2 is 2.43 bits per heavy atom. The van der Waals surface area contributed by atoms with Crippen molar-refractivity contribution in [2.24, 2.45) is 13.0 Å². The number of aromatic nitrogens is 2. The molecule has 3 heterocycles. The molecule has 2 saturated heterocycles. The summed E-state index contributed by atoms with van der Waals surface area (Å²) in [4.78, 5) is 0. The van der Waals surface area contributed by atoms with Crippen molar-refractivity contribution in [2.45, 2.75) is 44.2 Å². The first kappa shape index (κ1) is 15.0. The van der Waals surface area contributed by atoms with E-state index in [0.717, 1.165) is 52.0 Å². The van der Waals surface area contributed by atoms with Crippen molar-refractivity contribution >= 4 is 0 Å². The van der Waals surface area contributed by atoms with Crippen LogP contribution in [0.25, 0.3) is 0 Å². The second-order valence-electron chi connectivity index (χ2n) is 6.47. The van der Waals surface area contributed by atoms with Gasteiger partial charge < -0.3 is 14.8 Å². The van der Waals surface area contributed by atoms with Gasteiger partial charge in [-0.25, -0.2) is 0 Å². The number of ether oxygens (including phenoxy) is 2. The van der Waals surface area contributed by atoms with E-state index < -0.39 is 0 Å². The molecule has 1 N–H and O–H groups in total. The highest BCUT2D eigenvalue weighted by atomic mass is 16.6. The Labute approximate surface area is 127 Å². The van der Waals surface area contributed by atoms with E-state index in [0.29, 0.717) is 12.0 Å². The topological polar surface area (TPSA) is 48.3 Å². The highest BCUT2D eigenvalue weighted by Crippen LogP contribution is 2.40. The number of aryl methyl sites for hydroxylation is 1. The third kappa shape index (κ3) is 3.30. The number of rotatable bonds is 5. The molecule has 0 bridgehead atoms. The van der Waals surface area contributed by atoms with E-state index in [-0.39, 0.29) is 5.60 Å². The van der Waals surface area contributed by atoms with Gasteiger partial charge in [-0.05, 0) is 31.7 Å². The fraction of sp³-hybridized carbons (Fsp3) is 0.812. The molecule has 2 aliphatic heterocycles. The van der Waals surface area contributed by atoms with Crippen LogP contribution in [0.3, 0.4) is 0 Å². The molecule has 3 atom stereocenters. The highest BCUT2D eigenvalue weighted by Gasteiger charge is 2.43. The van der Waals surface area contributed by atoms with E-state index in [4.69, 9.17) is 9.47 Å². The minimum Gasteiger partial charge on any atom is -0.378 e. The Hall–Kier alpha value is -0.910. The van der Waals surface area contributed by atoms with Crippen molar-refractivity contribution in [1.29, 1.82) is 0 Å². The summed E-state index contributed by atoms with van der Waals surface area (Å²) in [6.07, 6.45) is 8.52. The van der Waals surface area contributed by atoms with Crippen molar-refractivity contribution in [3.8, 4) is 0 Å². The van der Waals surface area contributed by atoms with E-state index in [2.05, 4.69) is 23.5 Å². The van der Waals surface area contributed by atoms with Crippen LogP contribution in [0.15, 0.2) is 12.4 Å². The van der Waals surface area contributed by atoms with Crippen molar-refractivity contribution in [1.82, 2.24) is 15.1 Å². The molecular formula is C16H27N3O2. The molecule has 3 rings (SSSR count). The number of nitrogens with one attached hydrogen (secondary N) is 1. The van der Waals surface area contributed by atoms with E-state index in [1.54, 1.807) is 0 Å². The molecular weight excluding hydrogens is 266 g/mol. The molecule has 1 spiro atoms. The van der Waals surface area contributed by atoms with Crippen molar-refractivity contribution in [3.63, 3.8) is 0 Å². The number of nitrogens with zero attached hydrogens (tertiary/aromatic N) is 2. The van der Waals surface area contributed by atoms with Crippen molar-refractivity contribution in [2.75, 3.05) is 26.4 Å². The van der Waals surface area contributed by atoms with Crippen LogP contribution in [-0.4, -0.2) is 41.7 Å². The third-order valence-corrected chi connectivity index (χ3v) is 4.77. The van der Waals surface area contributed by atoms with Crippen LogP contribution in [0.5, 0.6) is 0 Å². The first-order chi connectivity index (χ1) is 10.2. The summed E-state index contributed by atoms with van der Waals surface area (Å²) in [6, 6.07) is 0.375. The predicted molar refractivity (Wildman–Crippen MR) is 81.1 cm³/mol. The van der Waals surface area contributed by atoms with E-state index in [1.807, 2.05) is 17.9 Å². The first-order valence-corrected chi connectivity index (χ1v) is 8.16. The molecule has 118 valence electrons. The normalized spacial score (nSPS) is 30.9. The van der Waals surface area contributed by atoms with Crippen LogP contribution in [0.1, 0.15) is 44.2 Å². The standard InChI is InChI=1S/C16H27N3O2/c1-3-6-17-15(14-10-18-19(2)11-14)13-4-7-21-16(9-13)5-8-20-12-16/h10-11,13,15,17H,3-9,12H2,1-2H3. The van der Waals surface area contributed by atoms with Gasteiger partial charge in [0.25, 0.3) is 0 Å². The molecule has 1 aromatic rings. The minimum atomic E-state index is -0.0305. The van der Waals surface area contributed by atoms with E-state index in [9.17, 15) is 0 Å². The zero-order valence-electron chi connectivity index (χ0n) is 13.2. The Kier molecular flexibility index (Phi) is 4.62. The minimum absolute atomic E-state index is 0.0305. The Balaban J connectivity index is 1.75. The number of hydrogen-bond donors (Lipinski definition) is 1. The first-order valence-electron chi connectivity index (χ1n) is 8.16. The van der Waals surface area contributed by atoms with Crippen molar-refractivity contribution < 1.29 is 9.47 Å². The van der Waals surface area contributed by atoms with E-state index in [1.165, 1.54) is 5.56 Å². The maximum atomic E-state index is 6.08. The molecule has 0 amide bonds. The van der Waals surface area contributed by atoms with Crippen LogP contribution in [-0.2, 0) is 16.5 Å². The lowest BCUT2D eigenvalue weighted by molar-refractivity contribution is -0.103. The molecule has 0 radical (unpaired) electrons. The average molecular weight is 293 g/mol. The molecule has 2 fully saturated rings. The van der Waals surface area contributed by atoms with Gasteiger partial charge in [-0.15, -0.1) is 0 Å². The fourth-order valence-electron chi connectivity index (χ4n) is 3.67. The van der Waals surface area contributed by atoms with Gasteiger partial charge in [0.15, 0.2) is 0 Å². The van der Waals surface area contributed by atoms with Gasteiger partial charge in [-0.3, -0.25) is 4.68 Å². The van der Waals surface area contributed by atoms with Gasteiger partial charge in [-0.1, -0.05) is 6.92 Å². The van der Waals surface area contributed by atoms with Crippen molar-refractivity contribution in [3.05, 3.63) is 18.0 Å². The van der Waals surface area contributed by atoms with Crippen LogP contribution >= 0.6 is 0 Å². The highest BCUT2D eigenvalue weighted by molar-refractivity contribution is 5.13. The third-order valence-electron chi connectivity index (χ3n) is 4.77. The van der Waals surface area contributed by atoms with Crippen LogP contribution in [0, 0.1) is 5.92 Å². The molecule has 0 saturated carbocycles. The lowest BCUT2D eigenvalue weighted by Crippen LogP contribution is -2.44. The van der Waals surface area contributed by atoms with Gasteiger partial charge in [0.1, 0.15) is 0 Å². The second kappa shape index (κ2) is 6.46. The molecule has 3 unspecified atom stereocenters. The smallest absolute Gasteiger partial charge is 0.0940 e. The Morgan fingerprint density at radius 1 is 1.52 bits per heavy atom. The largest absolute Gasteiger partial charge is 0.378 e. The monoisotopic (exact) mass is 293 g/mol. The SMILES string of the molecule is CCCNC(c1cnn(C)c1)C1CCOC2(CCOC2)C1. The molecule has 0 aliphatic carbocycles. The Morgan fingerprint density at radius 3 is 3.10 bits per heavy atom. The second-order valence-corrected chi connectivity index (χ2v) is 6.47. The van der Waals surface area contributed by atoms with E-state index >= 15 is 0 Å². The zero-order valence-corrected chi connectivity index (χ0v) is 13.2. The molecule has 1 aromatic heterocycles. The van der Waals surface area contributed by atoms with Gasteiger partial charge >= 0.3 is 0 Å². The van der Waals surface area contributed by atoms with Gasteiger partial charge in [0.2, 0.25) is 0 Å². The van der Waals surface area contributed by atoms with Gasteiger partial charge in [0, 0.05) is 44.5 Å². The summed E-state index contributed by atoms with van der Waals surface area (Å²) in [5, 5.41) is 8.08. The maximum absolute atomic E-state index is 6.08. The van der Waals surface area contributed by atoms with Crippen LogP contribution < -0.4 is 5.32 Å². The quantitative estimate of drug-likeness (QED) is 0.902. The predicted octanol–water partition coefficient (Wildman–Crippen LogP) is 2.05. The lowest BCUT2D eigenvalue weighted by Gasteiger charge is -2.40. The summed E-state index contributed by atoms with van der Waals surface area (Å²) in [7, 11) is 1.98. The Bertz CT molecular complexity index is 454. The van der Waals surface area contributed by atoms with Gasteiger partial charge in [-0.2, -0.15) is 5.10 Å². The summed E-state index contributed by atoms with van der Waals surface area (Å²) in [5.74, 6) is 0.594. The molecule has 21 heavy (non-hydrogen) atoms. The summed E-state index contributed by atoms with van der Waals surface area (Å²) < 4.78 is 13.6. The zero-order chi connectivity index (χ0) is 14.7. The average Bonchev–Trinajstić information content (AvgIpc) is 3.10. The summed E-state index contributed by atoms with van der Waals surface area (Å²) in [5.41, 5.74) is 1.27. The summed E-state index contributed by atoms with van der Waals surface area (Å²) >= 11 is 0. The fourth-order valence-corrected chi connectivity index (χ4v) is 3.67.